The van der Waals surface area contributed by atoms with Crippen LogP contribution in [0.15, 0.2) is 12.1 Å². The van der Waals surface area contributed by atoms with Gasteiger partial charge in [0.1, 0.15) is 5.82 Å². The third-order valence-electron chi connectivity index (χ3n) is 2.58. The van der Waals surface area contributed by atoms with Gasteiger partial charge in [-0.1, -0.05) is 13.8 Å². The molecular weight excluding hydrogens is 304 g/mol. The third kappa shape index (κ3) is 2.27. The van der Waals surface area contributed by atoms with E-state index < -0.39 is 0 Å². The Morgan fingerprint density at radius 1 is 1.47 bits per heavy atom. The lowest BCUT2D eigenvalue weighted by Gasteiger charge is -2.22. The number of benzene rings is 1. The van der Waals surface area contributed by atoms with E-state index in [4.69, 9.17) is 0 Å². The summed E-state index contributed by atoms with van der Waals surface area (Å²) >= 11 is 2.22. The molecule has 0 bridgehead atoms. The SMILES string of the molecule is C[C](C)CN1CCc2cc(F)cc(I)c21. The Morgan fingerprint density at radius 2 is 2.20 bits per heavy atom. The van der Waals surface area contributed by atoms with Crippen LogP contribution in [0.4, 0.5) is 10.1 Å². The molecule has 81 valence electrons. The summed E-state index contributed by atoms with van der Waals surface area (Å²) in [6.07, 6.45) is 0.969. The highest BCUT2D eigenvalue weighted by Crippen LogP contribution is 2.34. The van der Waals surface area contributed by atoms with Crippen LogP contribution in [0.1, 0.15) is 19.4 Å². The lowest BCUT2D eigenvalue weighted by molar-refractivity contribution is 0.625. The number of hydrogen-bond donors (Lipinski definition) is 0. The minimum atomic E-state index is -0.114. The van der Waals surface area contributed by atoms with Crippen molar-refractivity contribution in [1.82, 2.24) is 0 Å². The summed E-state index contributed by atoms with van der Waals surface area (Å²) < 4.78 is 14.2. The van der Waals surface area contributed by atoms with E-state index >= 15 is 0 Å². The maximum absolute atomic E-state index is 13.2. The maximum Gasteiger partial charge on any atom is 0.124 e. The predicted molar refractivity (Wildman–Crippen MR) is 69.6 cm³/mol. The van der Waals surface area contributed by atoms with Crippen molar-refractivity contribution in [2.75, 3.05) is 18.0 Å². The molecule has 0 aromatic heterocycles. The van der Waals surface area contributed by atoms with E-state index in [1.54, 1.807) is 12.1 Å². The largest absolute Gasteiger partial charge is 0.370 e. The van der Waals surface area contributed by atoms with Crippen molar-refractivity contribution in [3.8, 4) is 0 Å². The normalized spacial score (nSPS) is 14.9. The average Bonchev–Trinajstić information content (AvgIpc) is 2.46. The number of anilines is 1. The molecule has 0 fully saturated rings. The Balaban J connectivity index is 2.33. The van der Waals surface area contributed by atoms with Crippen molar-refractivity contribution in [2.24, 2.45) is 0 Å². The molecule has 0 spiro atoms. The Kier molecular flexibility index (Phi) is 3.19. The molecule has 1 aliphatic heterocycles. The molecule has 1 nitrogen and oxygen atoms in total. The lowest BCUT2D eigenvalue weighted by Crippen LogP contribution is -2.25. The first-order valence-electron chi connectivity index (χ1n) is 5.10. The lowest BCUT2D eigenvalue weighted by atomic mass is 10.1. The van der Waals surface area contributed by atoms with Crippen LogP contribution in [-0.2, 0) is 6.42 Å². The van der Waals surface area contributed by atoms with Gasteiger partial charge in [-0.2, -0.15) is 0 Å². The Labute approximate surface area is 104 Å². The molecule has 1 aliphatic rings. The van der Waals surface area contributed by atoms with Crippen LogP contribution in [0.3, 0.4) is 0 Å². The van der Waals surface area contributed by atoms with Crippen molar-refractivity contribution < 1.29 is 4.39 Å². The van der Waals surface area contributed by atoms with E-state index in [0.717, 1.165) is 28.6 Å². The molecule has 1 heterocycles. The van der Waals surface area contributed by atoms with Crippen LogP contribution >= 0.6 is 22.6 Å². The minimum Gasteiger partial charge on any atom is -0.370 e. The molecule has 3 heteroatoms. The summed E-state index contributed by atoms with van der Waals surface area (Å²) in [5.74, 6) is 1.28. The van der Waals surface area contributed by atoms with Crippen molar-refractivity contribution >= 4 is 28.3 Å². The number of nitrogens with zero attached hydrogens (tertiary/aromatic N) is 1. The Morgan fingerprint density at radius 3 is 2.87 bits per heavy atom. The van der Waals surface area contributed by atoms with E-state index in [1.165, 1.54) is 11.6 Å². The summed E-state index contributed by atoms with van der Waals surface area (Å²) in [5, 5.41) is 0. The molecule has 1 radical (unpaired) electrons. The number of rotatable bonds is 2. The van der Waals surface area contributed by atoms with Crippen molar-refractivity contribution in [2.45, 2.75) is 20.3 Å². The van der Waals surface area contributed by atoms with Crippen LogP contribution in [0.2, 0.25) is 0 Å². The monoisotopic (exact) mass is 318 g/mol. The smallest absolute Gasteiger partial charge is 0.124 e. The van der Waals surface area contributed by atoms with Gasteiger partial charge in [-0.3, -0.25) is 0 Å². The summed E-state index contributed by atoms with van der Waals surface area (Å²) in [6, 6.07) is 3.28. The summed E-state index contributed by atoms with van der Waals surface area (Å²) in [4.78, 5) is 2.34. The second-order valence-electron chi connectivity index (χ2n) is 4.27. The Hall–Kier alpha value is -0.320. The van der Waals surface area contributed by atoms with E-state index in [1.807, 2.05) is 0 Å². The molecule has 15 heavy (non-hydrogen) atoms. The van der Waals surface area contributed by atoms with Gasteiger partial charge >= 0.3 is 0 Å². The van der Waals surface area contributed by atoms with Crippen LogP contribution in [0, 0.1) is 15.3 Å². The molecular formula is C12H14FIN. The number of hydrogen-bond acceptors (Lipinski definition) is 1. The fraction of sp³-hybridized carbons (Fsp3) is 0.417. The van der Waals surface area contributed by atoms with Crippen LogP contribution in [0.5, 0.6) is 0 Å². The van der Waals surface area contributed by atoms with Gasteiger partial charge < -0.3 is 4.90 Å². The molecule has 0 unspecified atom stereocenters. The first kappa shape index (κ1) is 11.2. The number of fused-ring (bicyclic) bond motifs is 1. The molecule has 0 atom stereocenters. The highest BCUT2D eigenvalue weighted by Gasteiger charge is 2.22. The standard InChI is InChI=1S/C12H14FIN/c1-8(2)7-15-4-3-9-5-10(13)6-11(14)12(9)15/h5-6H,3-4,7H2,1-2H3. The molecule has 1 aromatic rings. The number of halogens is 2. The van der Waals surface area contributed by atoms with Crippen molar-refractivity contribution in [1.29, 1.82) is 0 Å². The van der Waals surface area contributed by atoms with Gasteiger partial charge in [0.25, 0.3) is 0 Å². The van der Waals surface area contributed by atoms with Gasteiger partial charge in [0, 0.05) is 16.7 Å². The van der Waals surface area contributed by atoms with E-state index in [0.29, 0.717) is 0 Å². The van der Waals surface area contributed by atoms with Gasteiger partial charge in [-0.25, -0.2) is 4.39 Å². The van der Waals surface area contributed by atoms with Crippen molar-refractivity contribution in [3.63, 3.8) is 0 Å². The first-order chi connectivity index (χ1) is 7.08. The molecule has 1 aromatic carbocycles. The second-order valence-corrected chi connectivity index (χ2v) is 5.44. The molecule has 0 aliphatic carbocycles. The average molecular weight is 318 g/mol. The molecule has 0 saturated heterocycles. The van der Waals surface area contributed by atoms with Gasteiger partial charge in [0.05, 0.1) is 5.69 Å². The fourth-order valence-corrected chi connectivity index (χ4v) is 3.06. The van der Waals surface area contributed by atoms with Crippen LogP contribution < -0.4 is 4.90 Å². The van der Waals surface area contributed by atoms with Crippen LogP contribution in [-0.4, -0.2) is 13.1 Å². The zero-order chi connectivity index (χ0) is 11.0. The predicted octanol–water partition coefficient (Wildman–Crippen LogP) is 3.41. The van der Waals surface area contributed by atoms with Crippen LogP contribution in [0.25, 0.3) is 0 Å². The molecule has 2 rings (SSSR count). The molecule has 0 amide bonds. The summed E-state index contributed by atoms with van der Waals surface area (Å²) in [5.41, 5.74) is 2.39. The second kappa shape index (κ2) is 4.28. The first-order valence-corrected chi connectivity index (χ1v) is 6.17. The van der Waals surface area contributed by atoms with Crippen molar-refractivity contribution in [3.05, 3.63) is 33.0 Å². The topological polar surface area (TPSA) is 3.24 Å². The minimum absolute atomic E-state index is 0.114. The highest BCUT2D eigenvalue weighted by atomic mass is 127. The van der Waals surface area contributed by atoms with Gasteiger partial charge in [-0.05, 0) is 52.6 Å². The highest BCUT2D eigenvalue weighted by molar-refractivity contribution is 14.1. The van der Waals surface area contributed by atoms with Gasteiger partial charge in [0.2, 0.25) is 0 Å². The fourth-order valence-electron chi connectivity index (χ4n) is 2.07. The third-order valence-corrected chi connectivity index (χ3v) is 3.40. The summed E-state index contributed by atoms with van der Waals surface area (Å²) in [7, 11) is 0. The van der Waals surface area contributed by atoms with E-state index in [2.05, 4.69) is 41.3 Å². The zero-order valence-electron chi connectivity index (χ0n) is 8.98. The zero-order valence-corrected chi connectivity index (χ0v) is 11.1. The maximum atomic E-state index is 13.2. The summed E-state index contributed by atoms with van der Waals surface area (Å²) in [6.45, 7) is 6.26. The molecule has 0 saturated carbocycles. The Bertz CT molecular complexity index is 376. The molecule has 0 N–H and O–H groups in total. The van der Waals surface area contributed by atoms with E-state index in [-0.39, 0.29) is 5.82 Å². The van der Waals surface area contributed by atoms with E-state index in [9.17, 15) is 4.39 Å². The quantitative estimate of drug-likeness (QED) is 0.756. The van der Waals surface area contributed by atoms with Gasteiger partial charge in [0.15, 0.2) is 0 Å². The van der Waals surface area contributed by atoms with Gasteiger partial charge in [-0.15, -0.1) is 0 Å².